The van der Waals surface area contributed by atoms with Crippen LogP contribution in [-0.4, -0.2) is 52.5 Å². The SMILES string of the molecule is CCS(=O)(=O)c1ccc([C@@H](CO)NC(=O)c2ccc3c(c2)nc(CC2CCC(C(F)(F)F)CC2)n3C2CC2)nc1. The van der Waals surface area contributed by atoms with Gasteiger partial charge in [0.05, 0.1) is 45.9 Å². The lowest BCUT2D eigenvalue weighted by Gasteiger charge is -2.29. The van der Waals surface area contributed by atoms with Gasteiger partial charge in [0.2, 0.25) is 0 Å². The van der Waals surface area contributed by atoms with E-state index >= 15 is 0 Å². The molecule has 0 bridgehead atoms. The number of pyridine rings is 1. The van der Waals surface area contributed by atoms with Crippen LogP contribution in [0.5, 0.6) is 0 Å². The minimum atomic E-state index is -4.13. The number of imidazole rings is 1. The summed E-state index contributed by atoms with van der Waals surface area (Å²) in [6, 6.07) is 7.57. The summed E-state index contributed by atoms with van der Waals surface area (Å²) in [6.07, 6.45) is 1.08. The van der Waals surface area contributed by atoms with E-state index in [0.29, 0.717) is 42.1 Å². The number of hydrogen-bond acceptors (Lipinski definition) is 6. The van der Waals surface area contributed by atoms with Gasteiger partial charge in [-0.3, -0.25) is 9.78 Å². The van der Waals surface area contributed by atoms with Crippen molar-refractivity contribution < 1.29 is 31.5 Å². The highest BCUT2D eigenvalue weighted by atomic mass is 32.2. The third-order valence-electron chi connectivity index (χ3n) is 8.06. The van der Waals surface area contributed by atoms with Gasteiger partial charge in [-0.05, 0) is 74.8 Å². The standard InChI is InChI=1S/C28H33F3N4O4S/c1-2-40(38,39)21-10-11-22(32-15-21)24(16-36)34-27(37)18-5-12-25-23(14-18)33-26(35(25)20-8-9-20)13-17-3-6-19(7-4-17)28(29,30)31/h5,10-12,14-15,17,19-20,24,36H,2-4,6-9,13,16H2,1H3,(H,34,37)/t17?,19?,24-/m1/s1. The number of amides is 1. The van der Waals surface area contributed by atoms with Crippen molar-refractivity contribution in [1.29, 1.82) is 0 Å². The molecule has 8 nitrogen and oxygen atoms in total. The maximum Gasteiger partial charge on any atom is 0.391 e. The lowest BCUT2D eigenvalue weighted by atomic mass is 9.80. The number of fused-ring (bicyclic) bond motifs is 1. The van der Waals surface area contributed by atoms with Crippen LogP contribution >= 0.6 is 0 Å². The molecular weight excluding hydrogens is 545 g/mol. The Labute approximate surface area is 230 Å². The average Bonchev–Trinajstić information content (AvgIpc) is 3.71. The summed E-state index contributed by atoms with van der Waals surface area (Å²) in [5.41, 5.74) is 2.21. The second kappa shape index (κ2) is 11.1. The molecule has 216 valence electrons. The summed E-state index contributed by atoms with van der Waals surface area (Å²) in [5.74, 6) is -0.723. The van der Waals surface area contributed by atoms with E-state index in [1.54, 1.807) is 12.1 Å². The number of benzene rings is 1. The zero-order valence-electron chi connectivity index (χ0n) is 22.2. The Kier molecular flexibility index (Phi) is 7.93. The maximum atomic E-state index is 13.1. The lowest BCUT2D eigenvalue weighted by Crippen LogP contribution is -2.31. The van der Waals surface area contributed by atoms with Crippen molar-refractivity contribution in [1.82, 2.24) is 19.9 Å². The van der Waals surface area contributed by atoms with Gasteiger partial charge in [-0.1, -0.05) is 6.92 Å². The largest absolute Gasteiger partial charge is 0.394 e. The van der Waals surface area contributed by atoms with E-state index in [9.17, 15) is 31.5 Å². The monoisotopic (exact) mass is 578 g/mol. The number of aliphatic hydroxyl groups excluding tert-OH is 1. The van der Waals surface area contributed by atoms with Gasteiger partial charge in [-0.2, -0.15) is 13.2 Å². The maximum absolute atomic E-state index is 13.1. The van der Waals surface area contributed by atoms with Crippen LogP contribution in [0.4, 0.5) is 13.2 Å². The van der Waals surface area contributed by atoms with E-state index in [2.05, 4.69) is 14.9 Å². The van der Waals surface area contributed by atoms with E-state index in [1.165, 1.54) is 25.3 Å². The smallest absolute Gasteiger partial charge is 0.391 e. The third kappa shape index (κ3) is 6.02. The van der Waals surface area contributed by atoms with Crippen LogP contribution in [0.15, 0.2) is 41.4 Å². The molecule has 5 rings (SSSR count). The van der Waals surface area contributed by atoms with Gasteiger partial charge in [0.1, 0.15) is 5.82 Å². The molecule has 2 fully saturated rings. The van der Waals surface area contributed by atoms with E-state index in [0.717, 1.165) is 24.2 Å². The second-order valence-electron chi connectivity index (χ2n) is 10.8. The summed E-state index contributed by atoms with van der Waals surface area (Å²) < 4.78 is 65.6. The predicted molar refractivity (Wildman–Crippen MR) is 142 cm³/mol. The van der Waals surface area contributed by atoms with Crippen molar-refractivity contribution in [2.75, 3.05) is 12.4 Å². The number of aliphatic hydroxyl groups is 1. The quantitative estimate of drug-likeness (QED) is 0.372. The summed E-state index contributed by atoms with van der Waals surface area (Å²) >= 11 is 0. The van der Waals surface area contributed by atoms with Crippen LogP contribution < -0.4 is 5.32 Å². The number of halogens is 3. The van der Waals surface area contributed by atoms with E-state index in [4.69, 9.17) is 4.98 Å². The van der Waals surface area contributed by atoms with Gasteiger partial charge in [0.25, 0.3) is 5.91 Å². The Morgan fingerprint density at radius 1 is 1.12 bits per heavy atom. The molecule has 40 heavy (non-hydrogen) atoms. The fourth-order valence-corrected chi connectivity index (χ4v) is 6.35. The molecular formula is C28H33F3N4O4S. The molecule has 0 radical (unpaired) electrons. The number of aromatic nitrogens is 3. The fraction of sp³-hybridized carbons (Fsp3) is 0.536. The molecule has 2 aliphatic carbocycles. The molecule has 2 heterocycles. The third-order valence-corrected chi connectivity index (χ3v) is 9.78. The number of carbonyl (C=O) groups excluding carboxylic acids is 1. The molecule has 1 aromatic carbocycles. The van der Waals surface area contributed by atoms with Gasteiger partial charge < -0.3 is 15.0 Å². The van der Waals surface area contributed by atoms with Crippen molar-refractivity contribution >= 4 is 26.8 Å². The van der Waals surface area contributed by atoms with Crippen molar-refractivity contribution in [2.24, 2.45) is 11.8 Å². The zero-order valence-corrected chi connectivity index (χ0v) is 23.0. The molecule has 0 saturated heterocycles. The topological polar surface area (TPSA) is 114 Å². The van der Waals surface area contributed by atoms with Gasteiger partial charge in [-0.15, -0.1) is 0 Å². The Morgan fingerprint density at radius 3 is 2.42 bits per heavy atom. The Bertz CT molecular complexity index is 1480. The highest BCUT2D eigenvalue weighted by Crippen LogP contribution is 2.42. The van der Waals surface area contributed by atoms with Crippen molar-refractivity contribution in [2.45, 2.75) is 75.0 Å². The van der Waals surface area contributed by atoms with Crippen LogP contribution in [-0.2, 0) is 16.3 Å². The molecule has 12 heteroatoms. The molecule has 0 spiro atoms. The van der Waals surface area contributed by atoms with Crippen LogP contribution in [0, 0.1) is 11.8 Å². The first-order chi connectivity index (χ1) is 19.0. The van der Waals surface area contributed by atoms with Crippen LogP contribution in [0.2, 0.25) is 0 Å². The number of nitrogens with zero attached hydrogens (tertiary/aromatic N) is 3. The summed E-state index contributed by atoms with van der Waals surface area (Å²) in [4.78, 5) is 22.1. The van der Waals surface area contributed by atoms with E-state index in [-0.39, 0.29) is 29.4 Å². The zero-order chi connectivity index (χ0) is 28.7. The normalized spacial score (nSPS) is 20.9. The fourth-order valence-electron chi connectivity index (χ4n) is 5.53. The second-order valence-corrected chi connectivity index (χ2v) is 13.1. The van der Waals surface area contributed by atoms with Crippen molar-refractivity contribution in [3.8, 4) is 0 Å². The summed E-state index contributed by atoms with van der Waals surface area (Å²) in [5, 5.41) is 12.6. The predicted octanol–water partition coefficient (Wildman–Crippen LogP) is 4.93. The lowest BCUT2D eigenvalue weighted by molar-refractivity contribution is -0.183. The first kappa shape index (κ1) is 28.5. The van der Waals surface area contributed by atoms with Crippen LogP contribution in [0.25, 0.3) is 11.0 Å². The number of carbonyl (C=O) groups is 1. The Morgan fingerprint density at radius 2 is 1.85 bits per heavy atom. The summed E-state index contributed by atoms with van der Waals surface area (Å²) in [6.45, 7) is 1.11. The molecule has 3 aromatic rings. The molecule has 2 aromatic heterocycles. The van der Waals surface area contributed by atoms with Gasteiger partial charge in [0, 0.05) is 24.2 Å². The molecule has 2 aliphatic rings. The highest BCUT2D eigenvalue weighted by Gasteiger charge is 2.41. The molecule has 1 atom stereocenters. The number of nitrogens with one attached hydrogen (secondary N) is 1. The first-order valence-corrected chi connectivity index (χ1v) is 15.3. The molecule has 0 unspecified atom stereocenters. The Hall–Kier alpha value is -2.99. The van der Waals surface area contributed by atoms with E-state index in [1.807, 2.05) is 6.07 Å². The number of hydrogen-bond donors (Lipinski definition) is 2. The van der Waals surface area contributed by atoms with Gasteiger partial charge >= 0.3 is 6.18 Å². The number of rotatable bonds is 9. The minimum Gasteiger partial charge on any atom is -0.394 e. The van der Waals surface area contributed by atoms with Crippen molar-refractivity contribution in [3.63, 3.8) is 0 Å². The molecule has 2 N–H and O–H groups in total. The van der Waals surface area contributed by atoms with Crippen LogP contribution in [0.3, 0.4) is 0 Å². The number of alkyl halides is 3. The number of sulfone groups is 1. The van der Waals surface area contributed by atoms with Gasteiger partial charge in [-0.25, -0.2) is 13.4 Å². The molecule has 0 aliphatic heterocycles. The highest BCUT2D eigenvalue weighted by molar-refractivity contribution is 7.91. The van der Waals surface area contributed by atoms with E-state index < -0.39 is 40.5 Å². The van der Waals surface area contributed by atoms with Crippen molar-refractivity contribution in [3.05, 3.63) is 53.6 Å². The van der Waals surface area contributed by atoms with Gasteiger partial charge in [0.15, 0.2) is 9.84 Å². The Balaban J connectivity index is 1.32. The first-order valence-electron chi connectivity index (χ1n) is 13.7. The molecule has 1 amide bonds. The average molecular weight is 579 g/mol. The molecule has 2 saturated carbocycles. The summed E-state index contributed by atoms with van der Waals surface area (Å²) in [7, 11) is -3.42. The van der Waals surface area contributed by atoms with Crippen LogP contribution in [0.1, 0.15) is 79.4 Å². The minimum absolute atomic E-state index is 0.0614.